The van der Waals surface area contributed by atoms with Crippen molar-refractivity contribution in [2.45, 2.75) is 31.3 Å². The molecule has 3 atom stereocenters. The molecule has 3 rings (SSSR count). The van der Waals surface area contributed by atoms with Crippen molar-refractivity contribution >= 4 is 35.2 Å². The van der Waals surface area contributed by atoms with Gasteiger partial charge in [-0.1, -0.05) is 6.08 Å². The van der Waals surface area contributed by atoms with E-state index in [1.165, 1.54) is 18.6 Å². The van der Waals surface area contributed by atoms with Crippen LogP contribution in [0.25, 0.3) is 11.2 Å². The summed E-state index contributed by atoms with van der Waals surface area (Å²) in [5, 5.41) is 12.9. The summed E-state index contributed by atoms with van der Waals surface area (Å²) >= 11 is 0. The highest BCUT2D eigenvalue weighted by Gasteiger charge is 2.37. The van der Waals surface area contributed by atoms with E-state index < -0.39 is 18.4 Å². The number of carbonyl (C=O) groups is 1. The molecule has 2 aromatic heterocycles. The van der Waals surface area contributed by atoms with Gasteiger partial charge in [0.25, 0.3) is 0 Å². The van der Waals surface area contributed by atoms with E-state index in [1.54, 1.807) is 4.57 Å². The molecule has 8 N–H and O–H groups in total. The highest BCUT2D eigenvalue weighted by Crippen LogP contribution is 2.34. The number of aromatic nitrogens is 4. The van der Waals surface area contributed by atoms with Gasteiger partial charge in [-0.25, -0.2) is 25.8 Å². The molecule has 0 aliphatic carbocycles. The van der Waals surface area contributed by atoms with Crippen LogP contribution in [0.1, 0.15) is 19.1 Å². The van der Waals surface area contributed by atoms with Crippen molar-refractivity contribution in [2.24, 2.45) is 16.6 Å². The maximum atomic E-state index is 12.2. The number of nitrogen functional groups attached to an aromatic ring is 1. The van der Waals surface area contributed by atoms with E-state index in [9.17, 15) is 9.90 Å². The monoisotopic (exact) mass is 391 g/mol. The number of aliphatic hydroxyl groups excluding tert-OH is 1. The van der Waals surface area contributed by atoms with Crippen LogP contribution in [0.4, 0.5) is 11.8 Å². The number of aliphatic imine (C=N–C) groups is 1. The minimum atomic E-state index is -0.814. The molecule has 0 bridgehead atoms. The minimum Gasteiger partial charge on any atom is -0.390 e. The predicted octanol–water partition coefficient (Wildman–Crippen LogP) is -1.22. The Bertz CT molecular complexity index is 897. The average Bonchev–Trinajstić information content (AvgIpc) is 3.20. The maximum absolute atomic E-state index is 12.2. The largest absolute Gasteiger partial charge is 0.390 e. The van der Waals surface area contributed by atoms with Gasteiger partial charge in [-0.15, -0.1) is 0 Å². The van der Waals surface area contributed by atoms with Gasteiger partial charge in [0.1, 0.15) is 18.7 Å². The van der Waals surface area contributed by atoms with Crippen LogP contribution in [-0.4, -0.2) is 55.7 Å². The number of ether oxygens (including phenoxy) is 1. The smallest absolute Gasteiger partial charge is 0.230 e. The van der Waals surface area contributed by atoms with Crippen LogP contribution in [0.3, 0.4) is 0 Å². The molecule has 13 nitrogen and oxygen atoms in total. The molecule has 1 saturated heterocycles. The lowest BCUT2D eigenvalue weighted by molar-refractivity contribution is -0.115. The first-order valence-electron chi connectivity index (χ1n) is 8.37. The number of aliphatic hydroxyl groups is 1. The van der Waals surface area contributed by atoms with Crippen LogP contribution in [-0.2, 0) is 14.4 Å². The van der Waals surface area contributed by atoms with Gasteiger partial charge in [0.2, 0.25) is 11.9 Å². The fourth-order valence-electron chi connectivity index (χ4n) is 2.85. The van der Waals surface area contributed by atoms with E-state index in [0.717, 1.165) is 6.34 Å². The number of nitrogens with one attached hydrogen (secondary N) is 1. The SMILES string of the molecule is NC=N/C=C/CC(=O)Nc1nc2c(N)ncnc2n1C1CC(O)C(CON)O1. The topological polar surface area (TPSA) is 202 Å². The number of amides is 1. The molecule has 13 heteroatoms. The number of hydrogen-bond donors (Lipinski definition) is 5. The molecule has 0 spiro atoms. The first-order valence-corrected chi connectivity index (χ1v) is 8.37. The van der Waals surface area contributed by atoms with Crippen molar-refractivity contribution in [3.63, 3.8) is 0 Å². The molecule has 1 aliphatic rings. The van der Waals surface area contributed by atoms with Crippen LogP contribution in [0.15, 0.2) is 23.6 Å². The summed E-state index contributed by atoms with van der Waals surface area (Å²) in [6, 6.07) is 0. The molecule has 150 valence electrons. The summed E-state index contributed by atoms with van der Waals surface area (Å²) < 4.78 is 7.36. The van der Waals surface area contributed by atoms with E-state index in [4.69, 9.17) is 22.1 Å². The summed E-state index contributed by atoms with van der Waals surface area (Å²) in [5.74, 6) is 5.04. The highest BCUT2D eigenvalue weighted by molar-refractivity contribution is 5.93. The van der Waals surface area contributed by atoms with Gasteiger partial charge in [-0.3, -0.25) is 14.7 Å². The minimum absolute atomic E-state index is 0.00949. The van der Waals surface area contributed by atoms with E-state index in [0.29, 0.717) is 11.2 Å². The number of fused-ring (bicyclic) bond motifs is 1. The van der Waals surface area contributed by atoms with Crippen LogP contribution >= 0.6 is 0 Å². The Morgan fingerprint density at radius 3 is 3.11 bits per heavy atom. The number of nitrogens with zero attached hydrogens (tertiary/aromatic N) is 5. The summed E-state index contributed by atoms with van der Waals surface area (Å²) in [6.07, 6.45) is 3.47. The summed E-state index contributed by atoms with van der Waals surface area (Å²) in [4.78, 5) is 32.9. The van der Waals surface area contributed by atoms with Crippen molar-refractivity contribution in [3.05, 3.63) is 18.6 Å². The number of rotatable bonds is 7. The van der Waals surface area contributed by atoms with Gasteiger partial charge in [-0.2, -0.15) is 0 Å². The Kier molecular flexibility index (Phi) is 6.10. The molecule has 1 fully saturated rings. The van der Waals surface area contributed by atoms with Crippen molar-refractivity contribution < 1.29 is 19.5 Å². The molecular weight excluding hydrogens is 370 g/mol. The maximum Gasteiger partial charge on any atom is 0.230 e. The van der Waals surface area contributed by atoms with Crippen LogP contribution in [0, 0.1) is 0 Å². The van der Waals surface area contributed by atoms with E-state index in [-0.39, 0.29) is 37.1 Å². The van der Waals surface area contributed by atoms with Gasteiger partial charge in [0.15, 0.2) is 17.0 Å². The van der Waals surface area contributed by atoms with Crippen LogP contribution in [0.5, 0.6) is 0 Å². The Hall–Kier alpha value is -3.13. The molecule has 3 unspecified atom stereocenters. The van der Waals surface area contributed by atoms with Crippen molar-refractivity contribution in [3.8, 4) is 0 Å². The molecule has 0 aromatic carbocycles. The molecule has 0 saturated carbocycles. The van der Waals surface area contributed by atoms with Gasteiger partial charge < -0.3 is 26.1 Å². The molecule has 3 heterocycles. The summed E-state index contributed by atoms with van der Waals surface area (Å²) in [5.41, 5.74) is 11.7. The molecule has 1 amide bonds. The second-order valence-corrected chi connectivity index (χ2v) is 5.94. The number of imidazole rings is 1. The second kappa shape index (κ2) is 8.71. The Balaban J connectivity index is 1.91. The zero-order valence-electron chi connectivity index (χ0n) is 14.8. The molecule has 1 aliphatic heterocycles. The number of hydrogen-bond acceptors (Lipinski definition) is 10. The molecule has 28 heavy (non-hydrogen) atoms. The Morgan fingerprint density at radius 2 is 2.36 bits per heavy atom. The second-order valence-electron chi connectivity index (χ2n) is 5.94. The van der Waals surface area contributed by atoms with Gasteiger partial charge in [-0.05, 0) is 0 Å². The van der Waals surface area contributed by atoms with E-state index in [1.807, 2.05) is 0 Å². The zero-order chi connectivity index (χ0) is 20.1. The lowest BCUT2D eigenvalue weighted by Crippen LogP contribution is -2.27. The lowest BCUT2D eigenvalue weighted by atomic mass is 10.2. The third kappa shape index (κ3) is 4.07. The van der Waals surface area contributed by atoms with Gasteiger partial charge in [0.05, 0.1) is 19.0 Å². The number of nitrogens with two attached hydrogens (primary N) is 3. The Morgan fingerprint density at radius 1 is 1.54 bits per heavy atom. The fourth-order valence-corrected chi connectivity index (χ4v) is 2.85. The van der Waals surface area contributed by atoms with E-state index in [2.05, 4.69) is 30.1 Å². The first kappa shape index (κ1) is 19.6. The number of carbonyl (C=O) groups excluding carboxylic acids is 1. The lowest BCUT2D eigenvalue weighted by Gasteiger charge is -2.17. The standard InChI is InChI=1S/C15H21N9O4/c16-6-19-3-1-2-10(26)22-15-23-12-13(17)20-7-21-14(12)24(15)11-4-8(25)9(28-11)5-27-18/h1,3,6-9,11,25H,2,4-5,18H2,(H2,16,19)(H2,17,20,21)(H,22,23,26)/b3-1+. The van der Waals surface area contributed by atoms with Crippen molar-refractivity contribution in [2.75, 3.05) is 17.7 Å². The molecule has 2 aromatic rings. The van der Waals surface area contributed by atoms with Gasteiger partial charge >= 0.3 is 0 Å². The average molecular weight is 391 g/mol. The Labute approximate surface area is 159 Å². The van der Waals surface area contributed by atoms with Gasteiger partial charge in [0, 0.05) is 19.0 Å². The van der Waals surface area contributed by atoms with E-state index >= 15 is 0 Å². The third-order valence-electron chi connectivity index (χ3n) is 4.09. The highest BCUT2D eigenvalue weighted by atomic mass is 16.6. The normalized spacial score (nSPS) is 22.6. The summed E-state index contributed by atoms with van der Waals surface area (Å²) in [6.45, 7) is 0.00949. The number of anilines is 2. The van der Waals surface area contributed by atoms with Crippen LogP contribution in [0.2, 0.25) is 0 Å². The first-order chi connectivity index (χ1) is 13.5. The van der Waals surface area contributed by atoms with Crippen molar-refractivity contribution in [1.29, 1.82) is 0 Å². The fraction of sp³-hybridized carbons (Fsp3) is 0.400. The zero-order valence-corrected chi connectivity index (χ0v) is 14.8. The molecular formula is C15H21N9O4. The van der Waals surface area contributed by atoms with Crippen LogP contribution < -0.4 is 22.7 Å². The quantitative estimate of drug-likeness (QED) is 0.216. The predicted molar refractivity (Wildman–Crippen MR) is 99.5 cm³/mol. The third-order valence-corrected chi connectivity index (χ3v) is 4.09. The molecule has 0 radical (unpaired) electrons. The van der Waals surface area contributed by atoms with Crippen molar-refractivity contribution in [1.82, 2.24) is 19.5 Å². The summed E-state index contributed by atoms with van der Waals surface area (Å²) in [7, 11) is 0.